The van der Waals surface area contributed by atoms with Crippen LogP contribution >= 0.6 is 11.3 Å². The van der Waals surface area contributed by atoms with Gasteiger partial charge in [-0.05, 0) is 18.7 Å². The van der Waals surface area contributed by atoms with Gasteiger partial charge in [0.25, 0.3) is 0 Å². The summed E-state index contributed by atoms with van der Waals surface area (Å²) in [5, 5.41) is 11.3. The number of ether oxygens (including phenoxy) is 1. The fourth-order valence-corrected chi connectivity index (χ4v) is 2.39. The third-order valence-electron chi connectivity index (χ3n) is 2.68. The van der Waals surface area contributed by atoms with E-state index < -0.39 is 18.0 Å². The molecule has 0 amide bonds. The van der Waals surface area contributed by atoms with E-state index in [1.807, 2.05) is 0 Å². The molecular formula is C13H11F3N4OS. The van der Waals surface area contributed by atoms with Gasteiger partial charge in [0.05, 0.1) is 0 Å². The van der Waals surface area contributed by atoms with Gasteiger partial charge >= 0.3 is 6.18 Å². The zero-order chi connectivity index (χ0) is 16.2. The quantitative estimate of drug-likeness (QED) is 0.912. The summed E-state index contributed by atoms with van der Waals surface area (Å²) in [5.41, 5.74) is 4.29. The Kier molecular flexibility index (Phi) is 4.95. The van der Waals surface area contributed by atoms with Crippen molar-refractivity contribution in [2.24, 2.45) is 5.73 Å². The summed E-state index contributed by atoms with van der Waals surface area (Å²) in [6.07, 6.45) is -3.36. The van der Waals surface area contributed by atoms with Crippen LogP contribution in [0.25, 0.3) is 0 Å². The summed E-state index contributed by atoms with van der Waals surface area (Å²) in [5.74, 6) is -0.369. The number of alkyl halides is 3. The van der Waals surface area contributed by atoms with E-state index in [1.54, 1.807) is 17.6 Å². The Morgan fingerprint density at radius 3 is 2.73 bits per heavy atom. The molecule has 0 bridgehead atoms. The molecule has 2 rings (SSSR count). The Bertz CT molecular complexity index is 667. The fraction of sp³-hybridized carbons (Fsp3) is 0.308. The van der Waals surface area contributed by atoms with Crippen LogP contribution in [0, 0.1) is 11.3 Å². The average molecular weight is 328 g/mol. The van der Waals surface area contributed by atoms with E-state index in [2.05, 4.69) is 9.97 Å². The number of rotatable bonds is 5. The van der Waals surface area contributed by atoms with Crippen LogP contribution in [0.15, 0.2) is 23.7 Å². The predicted molar refractivity (Wildman–Crippen MR) is 73.1 cm³/mol. The van der Waals surface area contributed by atoms with Crippen molar-refractivity contribution in [3.63, 3.8) is 0 Å². The van der Waals surface area contributed by atoms with Gasteiger partial charge in [-0.2, -0.15) is 18.4 Å². The van der Waals surface area contributed by atoms with E-state index in [4.69, 9.17) is 15.7 Å². The second-order valence-electron chi connectivity index (χ2n) is 4.21. The highest BCUT2D eigenvalue weighted by Crippen LogP contribution is 2.32. The molecule has 0 aromatic carbocycles. The normalized spacial score (nSPS) is 12.7. The maximum absolute atomic E-state index is 12.7. The molecule has 9 heteroatoms. The van der Waals surface area contributed by atoms with Gasteiger partial charge in [-0.15, -0.1) is 11.3 Å². The van der Waals surface area contributed by atoms with E-state index in [0.717, 1.165) is 12.1 Å². The number of nitrogens with zero attached hydrogens (tertiary/aromatic N) is 3. The smallest absolute Gasteiger partial charge is 0.433 e. The lowest BCUT2D eigenvalue weighted by atomic mass is 10.2. The number of aromatic nitrogens is 2. The Morgan fingerprint density at radius 2 is 2.18 bits per heavy atom. The van der Waals surface area contributed by atoms with Crippen molar-refractivity contribution < 1.29 is 17.9 Å². The SMILES string of the molecule is N#Cc1ccc(C(F)(F)F)nc1O[C@H](CCN)c1nccs1. The zero-order valence-corrected chi connectivity index (χ0v) is 12.0. The van der Waals surface area contributed by atoms with Crippen molar-refractivity contribution in [3.8, 4) is 11.9 Å². The van der Waals surface area contributed by atoms with Crippen molar-refractivity contribution in [2.75, 3.05) is 6.54 Å². The lowest BCUT2D eigenvalue weighted by Gasteiger charge is -2.17. The number of hydrogen-bond acceptors (Lipinski definition) is 6. The molecule has 2 aromatic rings. The number of nitriles is 1. The molecule has 0 radical (unpaired) electrons. The fourth-order valence-electron chi connectivity index (χ4n) is 1.69. The number of halogens is 3. The second kappa shape index (κ2) is 6.72. The molecule has 0 spiro atoms. The van der Waals surface area contributed by atoms with Gasteiger partial charge in [0.1, 0.15) is 22.3 Å². The molecule has 0 fully saturated rings. The van der Waals surface area contributed by atoms with Crippen molar-refractivity contribution in [3.05, 3.63) is 40.0 Å². The first-order valence-electron chi connectivity index (χ1n) is 6.20. The molecule has 116 valence electrons. The van der Waals surface area contributed by atoms with E-state index >= 15 is 0 Å². The molecule has 0 aliphatic carbocycles. The van der Waals surface area contributed by atoms with Gasteiger partial charge < -0.3 is 10.5 Å². The Labute approximate surface area is 128 Å². The van der Waals surface area contributed by atoms with E-state index in [-0.39, 0.29) is 18.0 Å². The molecule has 0 aliphatic heterocycles. The first kappa shape index (κ1) is 16.2. The number of nitrogens with two attached hydrogens (primary N) is 1. The molecule has 2 N–H and O–H groups in total. The first-order chi connectivity index (χ1) is 10.5. The van der Waals surface area contributed by atoms with Gasteiger partial charge in [-0.1, -0.05) is 0 Å². The van der Waals surface area contributed by atoms with E-state index in [1.165, 1.54) is 11.3 Å². The minimum absolute atomic E-state index is 0.0772. The van der Waals surface area contributed by atoms with Crippen molar-refractivity contribution in [1.29, 1.82) is 5.26 Å². The van der Waals surface area contributed by atoms with Crippen LogP contribution in [0.2, 0.25) is 0 Å². The van der Waals surface area contributed by atoms with Crippen LogP contribution in [-0.4, -0.2) is 16.5 Å². The maximum atomic E-state index is 12.7. The molecule has 22 heavy (non-hydrogen) atoms. The van der Waals surface area contributed by atoms with Gasteiger partial charge in [0.15, 0.2) is 6.10 Å². The summed E-state index contributed by atoms with van der Waals surface area (Å²) < 4.78 is 43.7. The van der Waals surface area contributed by atoms with Crippen molar-refractivity contribution >= 4 is 11.3 Å². The molecule has 0 aliphatic rings. The number of hydrogen-bond donors (Lipinski definition) is 1. The van der Waals surface area contributed by atoms with Crippen LogP contribution in [0.1, 0.15) is 28.8 Å². The Hall–Kier alpha value is -2.18. The van der Waals surface area contributed by atoms with Crippen LogP contribution in [0.3, 0.4) is 0 Å². The van der Waals surface area contributed by atoms with E-state index in [0.29, 0.717) is 11.4 Å². The molecule has 2 aromatic heterocycles. The summed E-state index contributed by atoms with van der Waals surface area (Å²) in [6.45, 7) is 0.255. The van der Waals surface area contributed by atoms with Gasteiger partial charge in [0.2, 0.25) is 5.88 Å². The molecule has 5 nitrogen and oxygen atoms in total. The predicted octanol–water partition coefficient (Wildman–Crippen LogP) is 2.90. The Morgan fingerprint density at radius 1 is 1.41 bits per heavy atom. The minimum atomic E-state index is -4.61. The third-order valence-corrected chi connectivity index (χ3v) is 3.55. The lowest BCUT2D eigenvalue weighted by Crippen LogP contribution is -2.16. The van der Waals surface area contributed by atoms with Crippen LogP contribution in [-0.2, 0) is 6.18 Å². The first-order valence-corrected chi connectivity index (χ1v) is 7.08. The van der Waals surface area contributed by atoms with Crippen LogP contribution in [0.5, 0.6) is 5.88 Å². The summed E-state index contributed by atoms with van der Waals surface area (Å²) >= 11 is 1.29. The standard InChI is InChI=1S/C13H11F3N4OS/c14-13(15,16)10-2-1-8(7-18)11(20-10)21-9(3-4-17)12-19-5-6-22-12/h1-2,5-6,9H,3-4,17H2/t9-/m1/s1. The van der Waals surface area contributed by atoms with Crippen LogP contribution in [0.4, 0.5) is 13.2 Å². The monoisotopic (exact) mass is 328 g/mol. The Balaban J connectivity index is 2.35. The highest BCUT2D eigenvalue weighted by Gasteiger charge is 2.33. The zero-order valence-electron chi connectivity index (χ0n) is 11.2. The van der Waals surface area contributed by atoms with Crippen molar-refractivity contribution in [1.82, 2.24) is 9.97 Å². The highest BCUT2D eigenvalue weighted by atomic mass is 32.1. The molecule has 0 saturated heterocycles. The van der Waals surface area contributed by atoms with E-state index in [9.17, 15) is 13.2 Å². The van der Waals surface area contributed by atoms with Gasteiger partial charge in [0, 0.05) is 18.0 Å². The number of pyridine rings is 1. The minimum Gasteiger partial charge on any atom is -0.466 e. The number of thiazole rings is 1. The summed E-state index contributed by atoms with van der Waals surface area (Å²) in [6, 6.07) is 3.54. The van der Waals surface area contributed by atoms with Crippen LogP contribution < -0.4 is 10.5 Å². The average Bonchev–Trinajstić information content (AvgIpc) is 3.00. The molecule has 1 atom stereocenters. The molecule has 0 unspecified atom stereocenters. The largest absolute Gasteiger partial charge is 0.466 e. The summed E-state index contributed by atoms with van der Waals surface area (Å²) in [4.78, 5) is 7.48. The van der Waals surface area contributed by atoms with Gasteiger partial charge in [-0.25, -0.2) is 9.97 Å². The third kappa shape index (κ3) is 3.72. The highest BCUT2D eigenvalue weighted by molar-refractivity contribution is 7.09. The second-order valence-corrected chi connectivity index (χ2v) is 5.14. The topological polar surface area (TPSA) is 84.8 Å². The van der Waals surface area contributed by atoms with Gasteiger partial charge in [-0.3, -0.25) is 0 Å². The molecule has 0 saturated carbocycles. The molecule has 2 heterocycles. The lowest BCUT2D eigenvalue weighted by molar-refractivity contribution is -0.141. The maximum Gasteiger partial charge on any atom is 0.433 e. The van der Waals surface area contributed by atoms with Crippen molar-refractivity contribution in [2.45, 2.75) is 18.7 Å². The summed E-state index contributed by atoms with van der Waals surface area (Å²) in [7, 11) is 0. The molecular weight excluding hydrogens is 317 g/mol.